The Kier molecular flexibility index (Phi) is 6.15. The van der Waals surface area contributed by atoms with Crippen molar-refractivity contribution in [3.63, 3.8) is 0 Å². The Balaban J connectivity index is 1.83. The molecular weight excluding hydrogens is 412 g/mol. The van der Waals surface area contributed by atoms with E-state index in [1.807, 2.05) is 53.3 Å². The highest BCUT2D eigenvalue weighted by Crippen LogP contribution is 2.33. The fourth-order valence-electron chi connectivity index (χ4n) is 3.58. The summed E-state index contributed by atoms with van der Waals surface area (Å²) in [5, 5.41) is 13.5. The first-order valence-electron chi connectivity index (χ1n) is 10.1. The summed E-state index contributed by atoms with van der Waals surface area (Å²) in [7, 11) is 0. The molecule has 31 heavy (non-hydrogen) atoms. The van der Waals surface area contributed by atoms with Gasteiger partial charge in [0, 0.05) is 24.0 Å². The number of pyridine rings is 1. The Morgan fingerprint density at radius 1 is 1.06 bits per heavy atom. The Labute approximate surface area is 186 Å². The van der Waals surface area contributed by atoms with E-state index >= 15 is 0 Å². The van der Waals surface area contributed by atoms with Crippen LogP contribution in [0.15, 0.2) is 71.6 Å². The normalized spacial score (nSPS) is 12.9. The first kappa shape index (κ1) is 21.2. The lowest BCUT2D eigenvalue weighted by Gasteiger charge is -2.32. The maximum absolute atomic E-state index is 6.19. The Morgan fingerprint density at radius 3 is 2.52 bits per heavy atom. The van der Waals surface area contributed by atoms with E-state index in [0.29, 0.717) is 18.1 Å². The zero-order chi connectivity index (χ0) is 21.8. The molecule has 8 heteroatoms. The molecule has 0 N–H and O–H groups in total. The molecule has 0 aliphatic rings. The largest absolute Gasteiger partial charge is 0.468 e. The number of halogens is 1. The molecular formula is C23H25ClN6O. The maximum Gasteiger partial charge on any atom is 0.173 e. The SMILES string of the molecule is CC(C)(C)n1nnnc1[C@H](c1ccc(Cl)cc1)N(Cc1cccnc1)Cc1ccco1. The number of nitrogens with zero attached hydrogens (tertiary/aromatic N) is 6. The smallest absolute Gasteiger partial charge is 0.173 e. The van der Waals surface area contributed by atoms with E-state index in [1.54, 1.807) is 12.5 Å². The first-order valence-corrected chi connectivity index (χ1v) is 10.5. The number of rotatable bonds is 7. The summed E-state index contributed by atoms with van der Waals surface area (Å²) in [6.07, 6.45) is 5.34. The van der Waals surface area contributed by atoms with Gasteiger partial charge in [-0.25, -0.2) is 4.68 Å². The second kappa shape index (κ2) is 8.99. The predicted octanol–water partition coefficient (Wildman–Crippen LogP) is 4.86. The molecule has 0 saturated carbocycles. The zero-order valence-electron chi connectivity index (χ0n) is 17.8. The monoisotopic (exact) mass is 436 g/mol. The number of tetrazole rings is 1. The van der Waals surface area contributed by atoms with E-state index < -0.39 is 0 Å². The summed E-state index contributed by atoms with van der Waals surface area (Å²) < 4.78 is 7.56. The molecule has 0 radical (unpaired) electrons. The highest BCUT2D eigenvalue weighted by molar-refractivity contribution is 6.30. The third kappa shape index (κ3) is 5.00. The molecule has 1 aromatic carbocycles. The van der Waals surface area contributed by atoms with Gasteiger partial charge in [0.15, 0.2) is 5.82 Å². The van der Waals surface area contributed by atoms with Gasteiger partial charge < -0.3 is 4.42 Å². The number of aromatic nitrogens is 5. The maximum atomic E-state index is 6.19. The predicted molar refractivity (Wildman–Crippen MR) is 118 cm³/mol. The molecule has 0 aliphatic carbocycles. The molecule has 3 aromatic heterocycles. The standard InChI is InChI=1S/C23H25ClN6O/c1-23(2,3)30-22(26-27-28-30)21(18-8-10-19(24)11-9-18)29(16-20-7-5-13-31-20)15-17-6-4-12-25-14-17/h4-14,21H,15-16H2,1-3H3/t21-/m0/s1. The minimum absolute atomic E-state index is 0.225. The minimum atomic E-state index is -0.284. The molecule has 0 spiro atoms. The van der Waals surface area contributed by atoms with Crippen molar-refractivity contribution in [2.75, 3.05) is 0 Å². The van der Waals surface area contributed by atoms with Gasteiger partial charge in [0.1, 0.15) is 5.76 Å². The lowest BCUT2D eigenvalue weighted by Crippen LogP contribution is -2.34. The average molecular weight is 437 g/mol. The summed E-state index contributed by atoms with van der Waals surface area (Å²) in [5.74, 6) is 1.61. The molecule has 4 aromatic rings. The number of furan rings is 1. The van der Waals surface area contributed by atoms with Gasteiger partial charge in [-0.1, -0.05) is 29.8 Å². The molecule has 0 amide bonds. The summed E-state index contributed by atoms with van der Waals surface area (Å²) >= 11 is 6.19. The van der Waals surface area contributed by atoms with Crippen molar-refractivity contribution in [3.05, 3.63) is 94.9 Å². The lowest BCUT2D eigenvalue weighted by atomic mass is 10.0. The minimum Gasteiger partial charge on any atom is -0.468 e. The fraction of sp³-hybridized carbons (Fsp3) is 0.304. The van der Waals surface area contributed by atoms with Crippen molar-refractivity contribution in [2.24, 2.45) is 0 Å². The number of hydrogen-bond acceptors (Lipinski definition) is 6. The molecule has 160 valence electrons. The quantitative estimate of drug-likeness (QED) is 0.412. The van der Waals surface area contributed by atoms with Crippen LogP contribution in [0.1, 0.15) is 49.5 Å². The van der Waals surface area contributed by atoms with Gasteiger partial charge in [0.25, 0.3) is 0 Å². The molecule has 3 heterocycles. The van der Waals surface area contributed by atoms with E-state index in [0.717, 1.165) is 22.7 Å². The molecule has 4 rings (SSSR count). The average Bonchev–Trinajstić information content (AvgIpc) is 3.42. The lowest BCUT2D eigenvalue weighted by molar-refractivity contribution is 0.172. The van der Waals surface area contributed by atoms with Gasteiger partial charge in [-0.15, -0.1) is 5.10 Å². The zero-order valence-corrected chi connectivity index (χ0v) is 18.6. The highest BCUT2D eigenvalue weighted by Gasteiger charge is 2.32. The molecule has 7 nitrogen and oxygen atoms in total. The van der Waals surface area contributed by atoms with Crippen molar-refractivity contribution in [1.29, 1.82) is 0 Å². The van der Waals surface area contributed by atoms with Gasteiger partial charge in [-0.3, -0.25) is 9.88 Å². The summed E-state index contributed by atoms with van der Waals surface area (Å²) in [5.41, 5.74) is 1.84. The molecule has 0 fully saturated rings. The van der Waals surface area contributed by atoms with E-state index in [2.05, 4.69) is 52.2 Å². The van der Waals surface area contributed by atoms with E-state index in [4.69, 9.17) is 16.0 Å². The van der Waals surface area contributed by atoms with Crippen molar-refractivity contribution in [2.45, 2.75) is 45.4 Å². The number of hydrogen-bond donors (Lipinski definition) is 0. The van der Waals surface area contributed by atoms with Crippen LogP contribution in [0.4, 0.5) is 0 Å². The molecule has 1 atom stereocenters. The van der Waals surface area contributed by atoms with Crippen LogP contribution in [0.3, 0.4) is 0 Å². The van der Waals surface area contributed by atoms with Crippen LogP contribution in [0.25, 0.3) is 0 Å². The summed E-state index contributed by atoms with van der Waals surface area (Å²) in [6, 6.07) is 15.5. The Morgan fingerprint density at radius 2 is 1.87 bits per heavy atom. The van der Waals surface area contributed by atoms with Crippen LogP contribution in [0.2, 0.25) is 5.02 Å². The Bertz CT molecular complexity index is 1090. The van der Waals surface area contributed by atoms with Crippen molar-refractivity contribution in [1.82, 2.24) is 30.1 Å². The van der Waals surface area contributed by atoms with E-state index in [-0.39, 0.29) is 11.6 Å². The van der Waals surface area contributed by atoms with Crippen molar-refractivity contribution in [3.8, 4) is 0 Å². The van der Waals surface area contributed by atoms with Crippen molar-refractivity contribution < 1.29 is 4.42 Å². The Hall–Kier alpha value is -3.03. The van der Waals surface area contributed by atoms with Crippen LogP contribution in [-0.4, -0.2) is 30.1 Å². The van der Waals surface area contributed by atoms with Gasteiger partial charge in [-0.05, 0) is 72.7 Å². The highest BCUT2D eigenvalue weighted by atomic mass is 35.5. The van der Waals surface area contributed by atoms with E-state index in [1.165, 1.54) is 0 Å². The molecule has 0 aliphatic heterocycles. The van der Waals surface area contributed by atoms with Gasteiger partial charge >= 0.3 is 0 Å². The second-order valence-corrected chi connectivity index (χ2v) is 8.86. The summed E-state index contributed by atoms with van der Waals surface area (Å²) in [6.45, 7) is 7.47. The molecule has 0 bridgehead atoms. The van der Waals surface area contributed by atoms with Crippen LogP contribution in [0.5, 0.6) is 0 Å². The molecule has 0 unspecified atom stereocenters. The third-order valence-electron chi connectivity index (χ3n) is 4.97. The first-order chi connectivity index (χ1) is 14.9. The van der Waals surface area contributed by atoms with E-state index in [9.17, 15) is 0 Å². The van der Waals surface area contributed by atoms with Crippen LogP contribution in [-0.2, 0) is 18.6 Å². The van der Waals surface area contributed by atoms with Crippen LogP contribution >= 0.6 is 11.6 Å². The van der Waals surface area contributed by atoms with Gasteiger partial charge in [0.05, 0.1) is 24.4 Å². The van der Waals surface area contributed by atoms with Crippen LogP contribution < -0.4 is 0 Å². The molecule has 0 saturated heterocycles. The number of benzene rings is 1. The van der Waals surface area contributed by atoms with Gasteiger partial charge in [0.2, 0.25) is 0 Å². The topological polar surface area (TPSA) is 72.9 Å². The second-order valence-electron chi connectivity index (χ2n) is 8.42. The van der Waals surface area contributed by atoms with Crippen molar-refractivity contribution >= 4 is 11.6 Å². The third-order valence-corrected chi connectivity index (χ3v) is 5.22. The van der Waals surface area contributed by atoms with Gasteiger partial charge in [-0.2, -0.15) is 0 Å². The summed E-state index contributed by atoms with van der Waals surface area (Å²) in [4.78, 5) is 6.57. The fourth-order valence-corrected chi connectivity index (χ4v) is 3.70. The van der Waals surface area contributed by atoms with Crippen LogP contribution in [0, 0.1) is 0 Å².